The van der Waals surface area contributed by atoms with E-state index in [1.165, 1.54) is 0 Å². The summed E-state index contributed by atoms with van der Waals surface area (Å²) in [5.41, 5.74) is -0.806. The standard InChI is InChI=1S/C7H12FN/c8-7-3-1-2-6(7)4-9-5-7/h6,9H,1-5H2. The second kappa shape index (κ2) is 1.69. The Morgan fingerprint density at radius 2 is 2.44 bits per heavy atom. The monoisotopic (exact) mass is 129 g/mol. The first kappa shape index (κ1) is 5.66. The third-order valence-electron chi connectivity index (χ3n) is 2.69. The van der Waals surface area contributed by atoms with Gasteiger partial charge in [-0.25, -0.2) is 4.39 Å². The maximum atomic E-state index is 13.4. The van der Waals surface area contributed by atoms with Gasteiger partial charge < -0.3 is 5.32 Å². The SMILES string of the molecule is FC12CCCC1CNC2. The third kappa shape index (κ3) is 0.692. The summed E-state index contributed by atoms with van der Waals surface area (Å²) in [4.78, 5) is 0. The van der Waals surface area contributed by atoms with Crippen molar-refractivity contribution in [3.8, 4) is 0 Å². The van der Waals surface area contributed by atoms with E-state index in [0.717, 1.165) is 25.8 Å². The van der Waals surface area contributed by atoms with Gasteiger partial charge in [-0.3, -0.25) is 0 Å². The van der Waals surface area contributed by atoms with Gasteiger partial charge in [-0.05, 0) is 19.3 Å². The molecule has 9 heavy (non-hydrogen) atoms. The highest BCUT2D eigenvalue weighted by atomic mass is 19.1. The van der Waals surface area contributed by atoms with E-state index in [4.69, 9.17) is 0 Å². The zero-order valence-electron chi connectivity index (χ0n) is 5.49. The first-order valence-corrected chi connectivity index (χ1v) is 3.71. The molecule has 1 saturated carbocycles. The second-order valence-electron chi connectivity index (χ2n) is 3.25. The number of hydrogen-bond acceptors (Lipinski definition) is 1. The van der Waals surface area contributed by atoms with E-state index in [1.54, 1.807) is 0 Å². The molecule has 52 valence electrons. The topological polar surface area (TPSA) is 12.0 Å². The maximum Gasteiger partial charge on any atom is 0.127 e. The highest BCUT2D eigenvalue weighted by molar-refractivity contribution is 5.00. The predicted molar refractivity (Wildman–Crippen MR) is 34.0 cm³/mol. The Morgan fingerprint density at radius 3 is 3.22 bits per heavy atom. The van der Waals surface area contributed by atoms with E-state index in [1.807, 2.05) is 0 Å². The molecular weight excluding hydrogens is 117 g/mol. The number of halogens is 1. The smallest absolute Gasteiger partial charge is 0.127 e. The minimum atomic E-state index is -0.806. The van der Waals surface area contributed by atoms with Gasteiger partial charge in [0.1, 0.15) is 5.67 Å². The van der Waals surface area contributed by atoms with Crippen LogP contribution in [-0.4, -0.2) is 18.8 Å². The van der Waals surface area contributed by atoms with Gasteiger partial charge in [0.25, 0.3) is 0 Å². The van der Waals surface area contributed by atoms with Gasteiger partial charge in [0, 0.05) is 19.0 Å². The summed E-state index contributed by atoms with van der Waals surface area (Å²) in [6.07, 6.45) is 3.00. The molecule has 0 spiro atoms. The van der Waals surface area contributed by atoms with Crippen molar-refractivity contribution < 1.29 is 4.39 Å². The molecule has 2 fully saturated rings. The molecule has 1 nitrogen and oxygen atoms in total. The number of fused-ring (bicyclic) bond motifs is 1. The van der Waals surface area contributed by atoms with Gasteiger partial charge in [0.2, 0.25) is 0 Å². The van der Waals surface area contributed by atoms with Crippen molar-refractivity contribution in [1.29, 1.82) is 0 Å². The van der Waals surface area contributed by atoms with Gasteiger partial charge in [-0.1, -0.05) is 0 Å². The Morgan fingerprint density at radius 1 is 1.56 bits per heavy atom. The molecule has 1 aliphatic heterocycles. The molecule has 1 N–H and O–H groups in total. The van der Waals surface area contributed by atoms with Gasteiger partial charge in [-0.2, -0.15) is 0 Å². The molecule has 2 unspecified atom stereocenters. The quantitative estimate of drug-likeness (QED) is 0.516. The third-order valence-corrected chi connectivity index (χ3v) is 2.69. The fourth-order valence-corrected chi connectivity index (χ4v) is 2.08. The molecule has 2 atom stereocenters. The number of alkyl halides is 1. The molecule has 1 aliphatic carbocycles. The van der Waals surface area contributed by atoms with Gasteiger partial charge in [-0.15, -0.1) is 0 Å². The van der Waals surface area contributed by atoms with Crippen molar-refractivity contribution >= 4 is 0 Å². The highest BCUT2D eigenvalue weighted by Crippen LogP contribution is 2.40. The van der Waals surface area contributed by atoms with Crippen LogP contribution in [0.1, 0.15) is 19.3 Å². The van der Waals surface area contributed by atoms with Crippen molar-refractivity contribution in [3.63, 3.8) is 0 Å². The summed E-state index contributed by atoms with van der Waals surface area (Å²) in [6.45, 7) is 1.52. The van der Waals surface area contributed by atoms with E-state index in [9.17, 15) is 4.39 Å². The Kier molecular flexibility index (Phi) is 1.06. The van der Waals surface area contributed by atoms with E-state index in [-0.39, 0.29) is 0 Å². The Hall–Kier alpha value is -0.110. The second-order valence-corrected chi connectivity index (χ2v) is 3.25. The van der Waals surface area contributed by atoms with Crippen LogP contribution in [0.2, 0.25) is 0 Å². The van der Waals surface area contributed by atoms with Crippen molar-refractivity contribution in [1.82, 2.24) is 5.32 Å². The van der Waals surface area contributed by atoms with Crippen LogP contribution >= 0.6 is 0 Å². The number of rotatable bonds is 0. The average Bonchev–Trinajstić information content (AvgIpc) is 2.22. The molecule has 0 amide bonds. The zero-order valence-corrected chi connectivity index (χ0v) is 5.49. The normalized spacial score (nSPS) is 49.7. The van der Waals surface area contributed by atoms with Gasteiger partial charge >= 0.3 is 0 Å². The molecular formula is C7H12FN. The van der Waals surface area contributed by atoms with E-state index < -0.39 is 5.67 Å². The summed E-state index contributed by atoms with van der Waals surface area (Å²) in [5.74, 6) is 0.345. The van der Waals surface area contributed by atoms with Crippen LogP contribution in [0, 0.1) is 5.92 Å². The van der Waals surface area contributed by atoms with Gasteiger partial charge in [0.15, 0.2) is 0 Å². The summed E-state index contributed by atoms with van der Waals surface area (Å²) in [5, 5.41) is 3.09. The van der Waals surface area contributed by atoms with Crippen LogP contribution in [0.4, 0.5) is 4.39 Å². The molecule has 1 heterocycles. The Labute approximate surface area is 54.6 Å². The van der Waals surface area contributed by atoms with Crippen LogP contribution in [0.3, 0.4) is 0 Å². The molecule has 2 aliphatic rings. The summed E-state index contributed by atoms with van der Waals surface area (Å²) < 4.78 is 13.4. The van der Waals surface area contributed by atoms with Crippen LogP contribution in [-0.2, 0) is 0 Å². The summed E-state index contributed by atoms with van der Waals surface area (Å²) in [7, 11) is 0. The lowest BCUT2D eigenvalue weighted by molar-refractivity contribution is 0.158. The molecule has 0 aromatic heterocycles. The molecule has 2 rings (SSSR count). The van der Waals surface area contributed by atoms with Crippen molar-refractivity contribution in [2.75, 3.05) is 13.1 Å². The first-order valence-electron chi connectivity index (χ1n) is 3.71. The average molecular weight is 129 g/mol. The van der Waals surface area contributed by atoms with Crippen molar-refractivity contribution in [2.45, 2.75) is 24.9 Å². The maximum absolute atomic E-state index is 13.4. The van der Waals surface area contributed by atoms with Crippen LogP contribution in [0.15, 0.2) is 0 Å². The summed E-state index contributed by atoms with van der Waals surface area (Å²) >= 11 is 0. The van der Waals surface area contributed by atoms with Crippen LogP contribution in [0.5, 0.6) is 0 Å². The molecule has 1 saturated heterocycles. The molecule has 0 aromatic carbocycles. The zero-order chi connectivity index (χ0) is 6.32. The summed E-state index contributed by atoms with van der Waals surface area (Å²) in [6, 6.07) is 0. The Balaban J connectivity index is 2.17. The molecule has 0 radical (unpaired) electrons. The van der Waals surface area contributed by atoms with E-state index >= 15 is 0 Å². The number of nitrogens with one attached hydrogen (secondary N) is 1. The largest absolute Gasteiger partial charge is 0.313 e. The van der Waals surface area contributed by atoms with E-state index in [2.05, 4.69) is 5.32 Å². The Bertz CT molecular complexity index is 114. The highest BCUT2D eigenvalue weighted by Gasteiger charge is 2.46. The fraction of sp³-hybridized carbons (Fsp3) is 1.00. The lowest BCUT2D eigenvalue weighted by Crippen LogP contribution is -2.27. The molecule has 2 heteroatoms. The lowest BCUT2D eigenvalue weighted by Gasteiger charge is -2.15. The lowest BCUT2D eigenvalue weighted by atomic mass is 9.97. The predicted octanol–water partition coefficient (Wildman–Crippen LogP) is 1.10. The van der Waals surface area contributed by atoms with Crippen molar-refractivity contribution in [3.05, 3.63) is 0 Å². The minimum absolute atomic E-state index is 0.345. The first-order chi connectivity index (χ1) is 4.31. The minimum Gasteiger partial charge on any atom is -0.313 e. The van der Waals surface area contributed by atoms with Gasteiger partial charge in [0.05, 0.1) is 0 Å². The van der Waals surface area contributed by atoms with E-state index in [0.29, 0.717) is 12.5 Å². The van der Waals surface area contributed by atoms with Crippen LogP contribution in [0.25, 0.3) is 0 Å². The van der Waals surface area contributed by atoms with Crippen LogP contribution < -0.4 is 5.32 Å². The van der Waals surface area contributed by atoms with Crippen molar-refractivity contribution in [2.24, 2.45) is 5.92 Å². The fourth-order valence-electron chi connectivity index (χ4n) is 2.08. The number of hydrogen-bond donors (Lipinski definition) is 1. The molecule has 0 aromatic rings. The molecule has 0 bridgehead atoms.